The Bertz CT molecular complexity index is 701. The number of aliphatic hydroxyl groups excluding tert-OH is 1. The Morgan fingerprint density at radius 2 is 1.89 bits per heavy atom. The SMILES string of the molecule is Cc1ccc(-c2ccc3nc(CCO)cn3n2)cc1. The molecule has 0 amide bonds. The summed E-state index contributed by atoms with van der Waals surface area (Å²) in [5, 5.41) is 13.5. The van der Waals surface area contributed by atoms with Crippen LogP contribution in [-0.2, 0) is 6.42 Å². The van der Waals surface area contributed by atoms with Gasteiger partial charge in [-0.3, -0.25) is 0 Å². The van der Waals surface area contributed by atoms with Crippen LogP contribution in [0, 0.1) is 6.92 Å². The molecule has 4 nitrogen and oxygen atoms in total. The van der Waals surface area contributed by atoms with Crippen molar-refractivity contribution in [1.29, 1.82) is 0 Å². The minimum Gasteiger partial charge on any atom is -0.396 e. The molecule has 0 spiro atoms. The fourth-order valence-electron chi connectivity index (χ4n) is 2.04. The number of rotatable bonds is 3. The van der Waals surface area contributed by atoms with Crippen molar-refractivity contribution < 1.29 is 5.11 Å². The van der Waals surface area contributed by atoms with Crippen LogP contribution in [0.3, 0.4) is 0 Å². The van der Waals surface area contributed by atoms with Crippen LogP contribution in [0.1, 0.15) is 11.3 Å². The van der Waals surface area contributed by atoms with Gasteiger partial charge in [-0.2, -0.15) is 5.10 Å². The molecular formula is C15H15N3O. The number of hydrogen-bond acceptors (Lipinski definition) is 3. The molecule has 0 fully saturated rings. The van der Waals surface area contributed by atoms with Gasteiger partial charge in [0.2, 0.25) is 0 Å². The second-order valence-electron chi connectivity index (χ2n) is 4.59. The number of aryl methyl sites for hydroxylation is 1. The molecule has 3 rings (SSSR count). The van der Waals surface area contributed by atoms with E-state index in [1.54, 1.807) is 4.52 Å². The first-order valence-corrected chi connectivity index (χ1v) is 6.29. The summed E-state index contributed by atoms with van der Waals surface area (Å²) in [5.74, 6) is 0. The van der Waals surface area contributed by atoms with Crippen LogP contribution in [0.4, 0.5) is 0 Å². The molecule has 0 saturated heterocycles. The number of fused-ring (bicyclic) bond motifs is 1. The molecule has 3 aromatic rings. The summed E-state index contributed by atoms with van der Waals surface area (Å²) in [6, 6.07) is 12.2. The van der Waals surface area contributed by atoms with E-state index in [0.717, 1.165) is 22.6 Å². The van der Waals surface area contributed by atoms with Gasteiger partial charge in [0.1, 0.15) is 0 Å². The lowest BCUT2D eigenvalue weighted by atomic mass is 10.1. The Balaban J connectivity index is 2.03. The number of imidazole rings is 1. The lowest BCUT2D eigenvalue weighted by molar-refractivity contribution is 0.298. The topological polar surface area (TPSA) is 50.4 Å². The number of hydrogen-bond donors (Lipinski definition) is 1. The first-order valence-electron chi connectivity index (χ1n) is 6.29. The molecule has 0 radical (unpaired) electrons. The molecule has 0 unspecified atom stereocenters. The molecule has 0 aliphatic carbocycles. The summed E-state index contributed by atoms with van der Waals surface area (Å²) < 4.78 is 1.76. The van der Waals surface area contributed by atoms with E-state index in [2.05, 4.69) is 41.3 Å². The minimum atomic E-state index is 0.106. The van der Waals surface area contributed by atoms with E-state index in [0.29, 0.717) is 6.42 Å². The molecule has 0 saturated carbocycles. The van der Waals surface area contributed by atoms with Gasteiger partial charge >= 0.3 is 0 Å². The van der Waals surface area contributed by atoms with E-state index < -0.39 is 0 Å². The monoisotopic (exact) mass is 253 g/mol. The Labute approximate surface area is 111 Å². The second-order valence-corrected chi connectivity index (χ2v) is 4.59. The highest BCUT2D eigenvalue weighted by Gasteiger charge is 2.04. The first kappa shape index (κ1) is 11.9. The zero-order chi connectivity index (χ0) is 13.2. The third kappa shape index (κ3) is 2.35. The summed E-state index contributed by atoms with van der Waals surface area (Å²) in [7, 11) is 0. The van der Waals surface area contributed by atoms with Crippen molar-refractivity contribution in [3.63, 3.8) is 0 Å². The zero-order valence-electron chi connectivity index (χ0n) is 10.7. The van der Waals surface area contributed by atoms with E-state index in [-0.39, 0.29) is 6.61 Å². The molecule has 19 heavy (non-hydrogen) atoms. The lowest BCUT2D eigenvalue weighted by Crippen LogP contribution is -1.93. The number of aliphatic hydroxyl groups is 1. The zero-order valence-corrected chi connectivity index (χ0v) is 10.7. The highest BCUT2D eigenvalue weighted by molar-refractivity contribution is 5.60. The standard InChI is InChI=1S/C15H15N3O/c1-11-2-4-12(5-3-11)14-6-7-15-16-13(8-9-19)10-18(15)17-14/h2-7,10,19H,8-9H2,1H3. The lowest BCUT2D eigenvalue weighted by Gasteiger charge is -2.01. The van der Waals surface area contributed by atoms with Crippen LogP contribution < -0.4 is 0 Å². The predicted molar refractivity (Wildman–Crippen MR) is 73.9 cm³/mol. The van der Waals surface area contributed by atoms with Gasteiger partial charge in [-0.05, 0) is 19.1 Å². The fourth-order valence-corrected chi connectivity index (χ4v) is 2.04. The molecule has 1 aromatic carbocycles. The van der Waals surface area contributed by atoms with Crippen LogP contribution in [0.5, 0.6) is 0 Å². The normalized spacial score (nSPS) is 11.1. The third-order valence-corrected chi connectivity index (χ3v) is 3.09. The molecule has 96 valence electrons. The molecule has 0 atom stereocenters. The van der Waals surface area contributed by atoms with Crippen molar-refractivity contribution in [3.05, 3.63) is 53.9 Å². The van der Waals surface area contributed by atoms with Gasteiger partial charge in [0.05, 0.1) is 17.6 Å². The van der Waals surface area contributed by atoms with E-state index in [1.807, 2.05) is 18.3 Å². The van der Waals surface area contributed by atoms with Crippen LogP contribution in [0.25, 0.3) is 16.9 Å². The predicted octanol–water partition coefficient (Wildman–Crippen LogP) is 2.24. The molecule has 0 aliphatic rings. The highest BCUT2D eigenvalue weighted by Crippen LogP contribution is 2.18. The van der Waals surface area contributed by atoms with Gasteiger partial charge in [-0.25, -0.2) is 9.50 Å². The third-order valence-electron chi connectivity index (χ3n) is 3.09. The Kier molecular flexibility index (Phi) is 3.01. The van der Waals surface area contributed by atoms with Crippen molar-refractivity contribution in [2.45, 2.75) is 13.3 Å². The van der Waals surface area contributed by atoms with E-state index in [1.165, 1.54) is 5.56 Å². The molecule has 0 bridgehead atoms. The number of aromatic nitrogens is 3. The average Bonchev–Trinajstić information content (AvgIpc) is 2.81. The molecule has 2 heterocycles. The second kappa shape index (κ2) is 4.82. The van der Waals surface area contributed by atoms with E-state index in [4.69, 9.17) is 5.11 Å². The Morgan fingerprint density at radius 3 is 2.63 bits per heavy atom. The van der Waals surface area contributed by atoms with E-state index in [9.17, 15) is 0 Å². The van der Waals surface area contributed by atoms with Crippen molar-refractivity contribution in [1.82, 2.24) is 14.6 Å². The maximum atomic E-state index is 8.93. The quantitative estimate of drug-likeness (QED) is 0.778. The van der Waals surface area contributed by atoms with Crippen molar-refractivity contribution in [2.75, 3.05) is 6.61 Å². The molecule has 2 aromatic heterocycles. The van der Waals surface area contributed by atoms with Gasteiger partial charge in [0.15, 0.2) is 5.65 Å². The highest BCUT2D eigenvalue weighted by atomic mass is 16.3. The number of benzene rings is 1. The molecule has 4 heteroatoms. The number of nitrogens with zero attached hydrogens (tertiary/aromatic N) is 3. The van der Waals surface area contributed by atoms with Gasteiger partial charge in [0.25, 0.3) is 0 Å². The van der Waals surface area contributed by atoms with Crippen LogP contribution in [0.15, 0.2) is 42.6 Å². The maximum Gasteiger partial charge on any atom is 0.153 e. The van der Waals surface area contributed by atoms with Gasteiger partial charge in [-0.15, -0.1) is 0 Å². The summed E-state index contributed by atoms with van der Waals surface area (Å²) in [4.78, 5) is 4.39. The van der Waals surface area contributed by atoms with Crippen molar-refractivity contribution in [3.8, 4) is 11.3 Å². The van der Waals surface area contributed by atoms with E-state index >= 15 is 0 Å². The Morgan fingerprint density at radius 1 is 1.11 bits per heavy atom. The maximum absolute atomic E-state index is 8.93. The first-order chi connectivity index (χ1) is 9.26. The largest absolute Gasteiger partial charge is 0.396 e. The van der Waals surface area contributed by atoms with Crippen LogP contribution in [0.2, 0.25) is 0 Å². The summed E-state index contributed by atoms with van der Waals surface area (Å²) >= 11 is 0. The molecular weight excluding hydrogens is 238 g/mol. The van der Waals surface area contributed by atoms with Crippen LogP contribution in [-0.4, -0.2) is 26.3 Å². The summed E-state index contributed by atoms with van der Waals surface area (Å²) in [6.07, 6.45) is 2.42. The summed E-state index contributed by atoms with van der Waals surface area (Å²) in [6.45, 7) is 2.17. The molecule has 1 N–H and O–H groups in total. The van der Waals surface area contributed by atoms with Crippen molar-refractivity contribution >= 4 is 5.65 Å². The van der Waals surface area contributed by atoms with Gasteiger partial charge in [0, 0.05) is 18.6 Å². The minimum absolute atomic E-state index is 0.106. The van der Waals surface area contributed by atoms with Crippen molar-refractivity contribution in [2.24, 2.45) is 0 Å². The molecule has 0 aliphatic heterocycles. The summed E-state index contributed by atoms with van der Waals surface area (Å²) in [5.41, 5.74) is 4.90. The van der Waals surface area contributed by atoms with Crippen LogP contribution >= 0.6 is 0 Å². The average molecular weight is 253 g/mol. The smallest absolute Gasteiger partial charge is 0.153 e. The van der Waals surface area contributed by atoms with Gasteiger partial charge < -0.3 is 5.11 Å². The Hall–Kier alpha value is -2.20. The fraction of sp³-hybridized carbons (Fsp3) is 0.200. The van der Waals surface area contributed by atoms with Gasteiger partial charge in [-0.1, -0.05) is 29.8 Å².